The van der Waals surface area contributed by atoms with E-state index >= 15 is 0 Å². The first-order valence-electron chi connectivity index (χ1n) is 15.9. The Bertz CT molecular complexity index is 2010. The van der Waals surface area contributed by atoms with Gasteiger partial charge in [-0.25, -0.2) is 9.59 Å². The van der Waals surface area contributed by atoms with Crippen molar-refractivity contribution in [2.45, 2.75) is 18.0 Å². The van der Waals surface area contributed by atoms with Crippen LogP contribution in [0, 0.1) is 0 Å². The molecule has 250 valence electrons. The van der Waals surface area contributed by atoms with Crippen LogP contribution in [0.15, 0.2) is 140 Å². The largest absolute Gasteiger partial charge is 0.468 e. The molecule has 0 saturated heterocycles. The maximum atomic E-state index is 13.7. The predicted molar refractivity (Wildman–Crippen MR) is 192 cm³/mol. The molecule has 0 bridgehead atoms. The number of amides is 2. The number of ether oxygens (including phenoxy) is 2. The molecule has 4 aromatic carbocycles. The molecule has 0 fully saturated rings. The van der Waals surface area contributed by atoms with E-state index in [1.807, 2.05) is 103 Å². The van der Waals surface area contributed by atoms with E-state index in [-0.39, 0.29) is 17.7 Å². The Kier molecular flexibility index (Phi) is 10.2. The second-order valence-corrected chi connectivity index (χ2v) is 11.4. The van der Waals surface area contributed by atoms with E-state index in [0.717, 1.165) is 27.6 Å². The molecule has 6 aromatic rings. The Morgan fingerprint density at radius 3 is 1.86 bits per heavy atom. The molecule has 0 radical (unpaired) electrons. The maximum Gasteiger partial charge on any atom is 0.340 e. The Hall–Kier alpha value is -6.39. The number of pyridine rings is 2. The zero-order chi connectivity index (χ0) is 34.9. The summed E-state index contributed by atoms with van der Waals surface area (Å²) in [7, 11) is 2.64. The zero-order valence-corrected chi connectivity index (χ0v) is 27.5. The highest BCUT2D eigenvalue weighted by Gasteiger charge is 2.40. The fraction of sp³-hybridized carbons (Fsp3) is 0.125. The van der Waals surface area contributed by atoms with Crippen molar-refractivity contribution in [2.24, 2.45) is 0 Å². The lowest BCUT2D eigenvalue weighted by molar-refractivity contribution is -0.143. The van der Waals surface area contributed by atoms with Crippen LogP contribution in [-0.4, -0.2) is 48.2 Å². The van der Waals surface area contributed by atoms with Gasteiger partial charge in [0.2, 0.25) is 0 Å². The Labute approximate surface area is 289 Å². The molecule has 2 heterocycles. The Morgan fingerprint density at radius 1 is 0.680 bits per heavy atom. The molecule has 0 saturated carbocycles. The molecule has 10 nitrogen and oxygen atoms in total. The molecule has 50 heavy (non-hydrogen) atoms. The molecule has 0 aliphatic carbocycles. The highest BCUT2D eigenvalue weighted by atomic mass is 16.5. The predicted octanol–water partition coefficient (Wildman–Crippen LogP) is 6.73. The summed E-state index contributed by atoms with van der Waals surface area (Å²) in [6.45, 7) is 0. The van der Waals surface area contributed by atoms with Crippen molar-refractivity contribution < 1.29 is 23.9 Å². The summed E-state index contributed by atoms with van der Waals surface area (Å²) in [6, 6.07) is 37.4. The van der Waals surface area contributed by atoms with E-state index in [1.165, 1.54) is 32.7 Å². The molecule has 6 rings (SSSR count). The number of anilines is 2. The van der Waals surface area contributed by atoms with E-state index < -0.39 is 29.6 Å². The number of methoxy groups -OCH3 is 2. The highest BCUT2D eigenvalue weighted by molar-refractivity contribution is 6.08. The summed E-state index contributed by atoms with van der Waals surface area (Å²) < 4.78 is 10.2. The van der Waals surface area contributed by atoms with Gasteiger partial charge in [-0.05, 0) is 46.9 Å². The van der Waals surface area contributed by atoms with Crippen LogP contribution in [0.5, 0.6) is 0 Å². The van der Waals surface area contributed by atoms with Gasteiger partial charge in [0, 0.05) is 17.8 Å². The van der Waals surface area contributed by atoms with Crippen LogP contribution in [0.3, 0.4) is 0 Å². The average molecular weight is 666 g/mol. The topological polar surface area (TPSA) is 132 Å². The third kappa shape index (κ3) is 6.92. The van der Waals surface area contributed by atoms with Gasteiger partial charge < -0.3 is 20.1 Å². The van der Waals surface area contributed by atoms with Gasteiger partial charge >= 0.3 is 18.0 Å². The van der Waals surface area contributed by atoms with Crippen LogP contribution in [0.25, 0.3) is 10.9 Å². The SMILES string of the molecule is COC(=O)c1ccncc1NC(=O)Nc1ccc(C[C@H](NC(c2ccccc2)(c2ccccc2)c2ccccc2)C(=O)OC)c2cccnc12. The lowest BCUT2D eigenvalue weighted by atomic mass is 9.76. The van der Waals surface area contributed by atoms with Crippen LogP contribution in [-0.2, 0) is 26.2 Å². The molecule has 0 aliphatic heterocycles. The molecule has 10 heteroatoms. The van der Waals surface area contributed by atoms with E-state index in [2.05, 4.69) is 25.9 Å². The van der Waals surface area contributed by atoms with Gasteiger partial charge in [0.05, 0.1) is 48.4 Å². The summed E-state index contributed by atoms with van der Waals surface area (Å²) in [4.78, 5) is 47.6. The van der Waals surface area contributed by atoms with Gasteiger partial charge in [-0.1, -0.05) is 103 Å². The van der Waals surface area contributed by atoms with Crippen LogP contribution >= 0.6 is 0 Å². The molecule has 3 N–H and O–H groups in total. The van der Waals surface area contributed by atoms with Crippen molar-refractivity contribution in [3.8, 4) is 0 Å². The zero-order valence-electron chi connectivity index (χ0n) is 27.5. The number of aromatic nitrogens is 2. The first-order valence-corrected chi connectivity index (χ1v) is 15.9. The number of hydrogen-bond donors (Lipinski definition) is 3. The van der Waals surface area contributed by atoms with E-state index in [1.54, 1.807) is 18.3 Å². The van der Waals surface area contributed by atoms with Gasteiger partial charge in [0.15, 0.2) is 0 Å². The number of benzene rings is 4. The van der Waals surface area contributed by atoms with Gasteiger partial charge in [-0.2, -0.15) is 0 Å². The van der Waals surface area contributed by atoms with Crippen LogP contribution in [0.4, 0.5) is 16.2 Å². The molecular formula is C40H35N5O5. The van der Waals surface area contributed by atoms with E-state index in [9.17, 15) is 14.4 Å². The van der Waals surface area contributed by atoms with Gasteiger partial charge in [-0.15, -0.1) is 0 Å². The minimum absolute atomic E-state index is 0.162. The first kappa shape index (κ1) is 33.5. The van der Waals surface area contributed by atoms with Crippen molar-refractivity contribution in [3.05, 3.63) is 168 Å². The second kappa shape index (κ2) is 15.2. The minimum atomic E-state index is -0.925. The first-order chi connectivity index (χ1) is 24.4. The van der Waals surface area contributed by atoms with Crippen LogP contribution in [0.1, 0.15) is 32.6 Å². The molecule has 2 amide bonds. The summed E-state index contributed by atoms with van der Waals surface area (Å²) in [5.41, 5.74) is 4.04. The standard InChI is InChI=1S/C40H35N5O5/c1-49-37(46)32-22-24-41-26-35(32)44-39(48)43-33-21-20-27(31-19-12-23-42-36(31)33)25-34(38(47)50-2)45-40(28-13-6-3-7-14-28,29-15-8-4-9-16-29)30-17-10-5-11-18-30/h3-24,26,34,45H,25H2,1-2H3,(H2,43,44,48)/t34-/m0/s1. The lowest BCUT2D eigenvalue weighted by Crippen LogP contribution is -2.53. The number of hydrogen-bond acceptors (Lipinski definition) is 8. The van der Waals surface area contributed by atoms with Crippen molar-refractivity contribution in [1.82, 2.24) is 15.3 Å². The van der Waals surface area contributed by atoms with Crippen molar-refractivity contribution in [3.63, 3.8) is 0 Å². The summed E-state index contributed by atoms with van der Waals surface area (Å²) in [5.74, 6) is -1.04. The van der Waals surface area contributed by atoms with Crippen molar-refractivity contribution in [2.75, 3.05) is 24.9 Å². The monoisotopic (exact) mass is 665 g/mol. The number of esters is 2. The second-order valence-electron chi connectivity index (χ2n) is 11.4. The average Bonchev–Trinajstić information content (AvgIpc) is 3.18. The summed E-state index contributed by atoms with van der Waals surface area (Å²) in [6.07, 6.45) is 4.68. The molecular weight excluding hydrogens is 630 g/mol. The number of urea groups is 1. The molecule has 0 unspecified atom stereocenters. The summed E-state index contributed by atoms with van der Waals surface area (Å²) >= 11 is 0. The van der Waals surface area contributed by atoms with Crippen LogP contribution in [0.2, 0.25) is 0 Å². The molecule has 0 aliphatic rings. The van der Waals surface area contributed by atoms with Crippen molar-refractivity contribution in [1.29, 1.82) is 0 Å². The number of carbonyl (C=O) groups excluding carboxylic acids is 3. The van der Waals surface area contributed by atoms with Crippen LogP contribution < -0.4 is 16.0 Å². The highest BCUT2D eigenvalue weighted by Crippen LogP contribution is 2.38. The van der Waals surface area contributed by atoms with Gasteiger partial charge in [-0.3, -0.25) is 20.1 Å². The third-order valence-electron chi connectivity index (χ3n) is 8.50. The molecule has 0 spiro atoms. The maximum absolute atomic E-state index is 13.7. The van der Waals surface area contributed by atoms with E-state index in [4.69, 9.17) is 9.47 Å². The Balaban J connectivity index is 1.37. The summed E-state index contributed by atoms with van der Waals surface area (Å²) in [5, 5.41) is 10.00. The van der Waals surface area contributed by atoms with Crippen molar-refractivity contribution >= 4 is 40.2 Å². The van der Waals surface area contributed by atoms with E-state index in [0.29, 0.717) is 11.2 Å². The number of fused-ring (bicyclic) bond motifs is 1. The number of rotatable bonds is 11. The third-order valence-corrected chi connectivity index (χ3v) is 8.50. The number of nitrogens with zero attached hydrogens (tertiary/aromatic N) is 2. The smallest absolute Gasteiger partial charge is 0.340 e. The fourth-order valence-electron chi connectivity index (χ4n) is 6.20. The minimum Gasteiger partial charge on any atom is -0.468 e. The lowest BCUT2D eigenvalue weighted by Gasteiger charge is -2.39. The molecule has 1 atom stereocenters. The number of carbonyl (C=O) groups is 3. The number of nitrogens with one attached hydrogen (secondary N) is 3. The van der Waals surface area contributed by atoms with Gasteiger partial charge in [0.1, 0.15) is 6.04 Å². The quantitative estimate of drug-likeness (QED) is 0.103. The Morgan fingerprint density at radius 2 is 1.28 bits per heavy atom. The normalized spacial score (nSPS) is 11.7. The van der Waals surface area contributed by atoms with Gasteiger partial charge in [0.25, 0.3) is 0 Å². The molecule has 2 aromatic heterocycles. The fourth-order valence-corrected chi connectivity index (χ4v) is 6.20.